The van der Waals surface area contributed by atoms with Crippen LogP contribution in [0.15, 0.2) is 0 Å². The summed E-state index contributed by atoms with van der Waals surface area (Å²) in [6, 6.07) is 0. The first-order valence-electron chi connectivity index (χ1n) is 3.76. The molecular weight excluding hydrogens is 284 g/mol. The maximum atomic E-state index is 10.7. The molecule has 0 saturated carbocycles. The zero-order valence-corrected chi connectivity index (χ0v) is 9.16. The van der Waals surface area contributed by atoms with E-state index in [1.54, 1.807) is 0 Å². The van der Waals surface area contributed by atoms with Crippen molar-refractivity contribution >= 4 is 24.1 Å². The van der Waals surface area contributed by atoms with E-state index in [1.807, 2.05) is 0 Å². The molecule has 0 rings (SSSR count). The van der Waals surface area contributed by atoms with E-state index in [9.17, 15) is 24.3 Å². The van der Waals surface area contributed by atoms with Crippen LogP contribution < -0.4 is 5.11 Å². The number of aliphatic carboxylic acids is 3. The van der Waals surface area contributed by atoms with Crippen molar-refractivity contribution in [3.63, 3.8) is 0 Å². The molecule has 0 aromatic rings. The molecule has 17 heavy (non-hydrogen) atoms. The second kappa shape index (κ2) is 6.71. The van der Waals surface area contributed by atoms with Crippen LogP contribution in [-0.2, 0) is 36.2 Å². The average molecular weight is 291 g/mol. The first-order valence-corrected chi connectivity index (χ1v) is 3.76. The Morgan fingerprint density at radius 2 is 1.35 bits per heavy atom. The normalized spacial score (nSPS) is 9.88. The third kappa shape index (κ3) is 5.73. The maximum Gasteiger partial charge on any atom is 2.00 e. The van der Waals surface area contributed by atoms with Crippen LogP contribution in [0.2, 0.25) is 0 Å². The van der Waals surface area contributed by atoms with Gasteiger partial charge in [-0.3, -0.25) is 9.59 Å². The first-order chi connectivity index (χ1) is 7.19. The van der Waals surface area contributed by atoms with E-state index in [0.29, 0.717) is 0 Å². The van der Waals surface area contributed by atoms with Gasteiger partial charge in [0, 0.05) is 0 Å². The van der Waals surface area contributed by atoms with Crippen LogP contribution >= 0.6 is 0 Å². The van der Waals surface area contributed by atoms with Gasteiger partial charge in [0.05, 0.1) is 12.8 Å². The predicted octanol–water partition coefficient (Wildman–Crippen LogP) is -1.88. The number of carboxylic acid groups (broad SMARTS) is 4. The molecule has 0 atom stereocenters. The number of hydrogen-bond donors (Lipinski definition) is 3. The Morgan fingerprint density at radius 3 is 1.53 bits per heavy atom. The molecule has 9 nitrogen and oxygen atoms in total. The van der Waals surface area contributed by atoms with Crippen LogP contribution in [0.25, 0.3) is 0 Å². The monoisotopic (exact) mass is 291 g/mol. The summed E-state index contributed by atoms with van der Waals surface area (Å²) in [4.78, 5) is 41.5. The topological polar surface area (TPSA) is 161 Å². The van der Waals surface area contributed by atoms with Crippen molar-refractivity contribution in [3.8, 4) is 0 Å². The smallest absolute Gasteiger partial charge is 0.530 e. The number of carbonyl (C=O) groups excluding carboxylic acids is 1. The van der Waals surface area contributed by atoms with Gasteiger partial charge in [-0.1, -0.05) is 0 Å². The molecule has 0 aromatic heterocycles. The largest absolute Gasteiger partial charge is 2.00 e. The van der Waals surface area contributed by atoms with E-state index in [2.05, 4.69) is 4.74 Å². The summed E-state index contributed by atoms with van der Waals surface area (Å²) in [5.41, 5.74) is -2.88. The molecule has 96 valence electrons. The van der Waals surface area contributed by atoms with Gasteiger partial charge in [0.2, 0.25) is 0 Å². The third-order valence-electron chi connectivity index (χ3n) is 1.54. The Labute approximate surface area is 104 Å². The molecule has 0 aliphatic rings. The summed E-state index contributed by atoms with van der Waals surface area (Å²) in [6.45, 7) is 0. The summed E-state index contributed by atoms with van der Waals surface area (Å²) < 4.78 is 3.77. The van der Waals surface area contributed by atoms with Crippen molar-refractivity contribution in [2.75, 3.05) is 0 Å². The van der Waals surface area contributed by atoms with Gasteiger partial charge in [-0.2, -0.15) is 0 Å². The van der Waals surface area contributed by atoms with Gasteiger partial charge in [-0.25, -0.2) is 4.79 Å². The second-order valence-electron chi connectivity index (χ2n) is 2.79. The molecule has 10 heteroatoms. The molecule has 0 spiro atoms. The van der Waals surface area contributed by atoms with Gasteiger partial charge in [0.25, 0.3) is 6.16 Å². The molecule has 0 aromatic carbocycles. The molecule has 0 aliphatic carbocycles. The van der Waals surface area contributed by atoms with E-state index in [1.165, 1.54) is 0 Å². The molecule has 0 heterocycles. The average Bonchev–Trinajstić information content (AvgIpc) is 1.98. The van der Waals surface area contributed by atoms with Crippen molar-refractivity contribution in [2.45, 2.75) is 18.4 Å². The van der Waals surface area contributed by atoms with Gasteiger partial charge in [-0.15, -0.1) is 0 Å². The SMILES string of the molecule is O=C(O)CC(CC(=O)O)(OC(=O)[O-])C(=O)O.[Fe+2]. The van der Waals surface area contributed by atoms with Crippen molar-refractivity contribution in [1.29, 1.82) is 0 Å². The quantitative estimate of drug-likeness (QED) is 0.375. The van der Waals surface area contributed by atoms with Crippen molar-refractivity contribution in [2.24, 2.45) is 0 Å². The fourth-order valence-corrected chi connectivity index (χ4v) is 0.978. The number of rotatable bonds is 6. The Hall–Kier alpha value is -1.80. The summed E-state index contributed by atoms with van der Waals surface area (Å²) >= 11 is 0. The van der Waals surface area contributed by atoms with E-state index in [0.717, 1.165) is 0 Å². The summed E-state index contributed by atoms with van der Waals surface area (Å²) in [6.07, 6.45) is -4.95. The Kier molecular flexibility index (Phi) is 6.94. The molecule has 0 fully saturated rings. The second-order valence-corrected chi connectivity index (χ2v) is 2.79. The molecule has 0 aliphatic heterocycles. The zero-order valence-electron chi connectivity index (χ0n) is 8.06. The van der Waals surface area contributed by atoms with Crippen LogP contribution in [0.5, 0.6) is 0 Å². The van der Waals surface area contributed by atoms with E-state index < -0.39 is 42.5 Å². The minimum Gasteiger partial charge on any atom is -0.530 e. The van der Waals surface area contributed by atoms with E-state index >= 15 is 0 Å². The summed E-state index contributed by atoms with van der Waals surface area (Å²) in [5.74, 6) is -5.45. The van der Waals surface area contributed by atoms with Gasteiger partial charge >= 0.3 is 35.0 Å². The Balaban J connectivity index is 0. The first kappa shape index (κ1) is 17.6. The molecule has 0 saturated heterocycles. The van der Waals surface area contributed by atoms with Gasteiger partial charge in [0.1, 0.15) is 0 Å². The fraction of sp³-hybridized carbons (Fsp3) is 0.429. The molecule has 0 radical (unpaired) electrons. The van der Waals surface area contributed by atoms with Crippen LogP contribution in [0, 0.1) is 0 Å². The van der Waals surface area contributed by atoms with E-state index in [-0.39, 0.29) is 17.1 Å². The van der Waals surface area contributed by atoms with Crippen molar-refractivity contribution < 1.29 is 61.4 Å². The minimum atomic E-state index is -2.88. The van der Waals surface area contributed by atoms with Crippen LogP contribution in [0.3, 0.4) is 0 Å². The van der Waals surface area contributed by atoms with Crippen molar-refractivity contribution in [1.82, 2.24) is 0 Å². The molecule has 0 unspecified atom stereocenters. The summed E-state index contributed by atoms with van der Waals surface area (Å²) in [5, 5.41) is 35.5. The third-order valence-corrected chi connectivity index (χ3v) is 1.54. The standard InChI is InChI=1S/C7H8O9.Fe/c8-3(9)1-7(5(12)13,2-4(10)11)16-6(14)15;/h1-2H2,(H,8,9)(H,10,11)(H,12,13)(H,14,15);/q;+2/p-1. The Bertz CT molecular complexity index is 295. The van der Waals surface area contributed by atoms with E-state index in [4.69, 9.17) is 15.3 Å². The fourth-order valence-electron chi connectivity index (χ4n) is 0.978. The predicted molar refractivity (Wildman–Crippen MR) is 41.4 cm³/mol. The van der Waals surface area contributed by atoms with Gasteiger partial charge < -0.3 is 30.0 Å². The van der Waals surface area contributed by atoms with Crippen LogP contribution in [0.1, 0.15) is 12.8 Å². The number of ether oxygens (including phenoxy) is 1. The van der Waals surface area contributed by atoms with Crippen LogP contribution in [-0.4, -0.2) is 45.0 Å². The summed E-state index contributed by atoms with van der Waals surface area (Å²) in [7, 11) is 0. The van der Waals surface area contributed by atoms with Gasteiger partial charge in [-0.05, 0) is 0 Å². The number of hydrogen-bond acceptors (Lipinski definition) is 6. The molecule has 0 amide bonds. The minimum absolute atomic E-state index is 0. The number of carbonyl (C=O) groups is 4. The zero-order chi connectivity index (χ0) is 12.9. The molecular formula is C7H7FeO9+. The molecule has 0 bridgehead atoms. The number of carboxylic acids is 3. The van der Waals surface area contributed by atoms with Crippen molar-refractivity contribution in [3.05, 3.63) is 0 Å². The maximum absolute atomic E-state index is 10.7. The Morgan fingerprint density at radius 1 is 1.00 bits per heavy atom. The van der Waals surface area contributed by atoms with Crippen LogP contribution in [0.4, 0.5) is 4.79 Å². The molecule has 3 N–H and O–H groups in total. The van der Waals surface area contributed by atoms with Gasteiger partial charge in [0.15, 0.2) is 5.60 Å².